The summed E-state index contributed by atoms with van der Waals surface area (Å²) in [7, 11) is 0. The number of aromatic carboxylic acids is 1. The molecule has 29 heavy (non-hydrogen) atoms. The summed E-state index contributed by atoms with van der Waals surface area (Å²) in [5.74, 6) is -4.03. The van der Waals surface area contributed by atoms with E-state index in [1.165, 1.54) is 24.3 Å². The van der Waals surface area contributed by atoms with Crippen LogP contribution in [0.4, 0.5) is 10.5 Å². The van der Waals surface area contributed by atoms with Gasteiger partial charge in [0.2, 0.25) is 11.8 Å². The van der Waals surface area contributed by atoms with Crippen molar-refractivity contribution in [1.29, 1.82) is 0 Å². The molecule has 2 aromatic rings. The van der Waals surface area contributed by atoms with Gasteiger partial charge in [0.25, 0.3) is 0 Å². The molecule has 0 unspecified atom stereocenters. The van der Waals surface area contributed by atoms with E-state index in [0.717, 1.165) is 10.5 Å². The number of carboxylic acid groups (broad SMARTS) is 1. The van der Waals surface area contributed by atoms with Gasteiger partial charge >= 0.3 is 6.03 Å². The van der Waals surface area contributed by atoms with E-state index in [2.05, 4.69) is 10.6 Å². The van der Waals surface area contributed by atoms with E-state index >= 15 is 0 Å². The predicted molar refractivity (Wildman–Crippen MR) is 102 cm³/mol. The molecular weight excluding hydrogens is 374 g/mol. The van der Waals surface area contributed by atoms with Gasteiger partial charge in [0.05, 0.1) is 12.5 Å². The van der Waals surface area contributed by atoms with Gasteiger partial charge in [0.15, 0.2) is 5.92 Å². The van der Waals surface area contributed by atoms with E-state index in [0.29, 0.717) is 5.69 Å². The molecule has 8 heteroatoms. The van der Waals surface area contributed by atoms with Crippen LogP contribution in [-0.4, -0.2) is 28.7 Å². The van der Waals surface area contributed by atoms with Crippen molar-refractivity contribution in [3.63, 3.8) is 0 Å². The minimum Gasteiger partial charge on any atom is -0.545 e. The monoisotopic (exact) mass is 392 g/mol. The van der Waals surface area contributed by atoms with Crippen molar-refractivity contribution in [1.82, 2.24) is 10.2 Å². The zero-order chi connectivity index (χ0) is 21.0. The first-order valence-electron chi connectivity index (χ1n) is 8.85. The molecule has 0 aliphatic carbocycles. The van der Waals surface area contributed by atoms with Crippen LogP contribution in [0.3, 0.4) is 0 Å². The molecule has 2 aromatic carbocycles. The average molecular weight is 392 g/mol. The maximum absolute atomic E-state index is 13.0. The molecule has 2 N–H and O–H groups in total. The number of carboxylic acids is 1. The third-order valence-corrected chi connectivity index (χ3v) is 4.44. The van der Waals surface area contributed by atoms with Crippen LogP contribution in [0.1, 0.15) is 22.8 Å². The van der Waals surface area contributed by atoms with Crippen molar-refractivity contribution >= 4 is 29.5 Å². The first kappa shape index (κ1) is 19.8. The van der Waals surface area contributed by atoms with Crippen LogP contribution in [0.25, 0.3) is 0 Å². The average Bonchev–Trinajstić information content (AvgIpc) is 2.71. The molecule has 0 spiro atoms. The van der Waals surface area contributed by atoms with Crippen LogP contribution in [0.15, 0.2) is 66.4 Å². The number of nitrogens with zero attached hydrogens (tertiary/aromatic N) is 1. The number of barbiturate groups is 1. The molecule has 1 aliphatic heterocycles. The van der Waals surface area contributed by atoms with Crippen molar-refractivity contribution in [3.8, 4) is 0 Å². The maximum atomic E-state index is 13.0. The predicted octanol–water partition coefficient (Wildman–Crippen LogP) is 1.26. The lowest BCUT2D eigenvalue weighted by atomic mass is 9.99. The van der Waals surface area contributed by atoms with Crippen LogP contribution in [0.5, 0.6) is 0 Å². The quantitative estimate of drug-likeness (QED) is 0.715. The van der Waals surface area contributed by atoms with Gasteiger partial charge in [0, 0.05) is 11.4 Å². The first-order chi connectivity index (χ1) is 13.9. The summed E-state index contributed by atoms with van der Waals surface area (Å²) in [5, 5.41) is 16.2. The van der Waals surface area contributed by atoms with Crippen molar-refractivity contribution in [2.24, 2.45) is 5.92 Å². The number of carbonyl (C=O) groups excluding carboxylic acids is 4. The smallest absolute Gasteiger partial charge is 0.331 e. The summed E-state index contributed by atoms with van der Waals surface area (Å²) in [6, 6.07) is 13.9. The van der Waals surface area contributed by atoms with Gasteiger partial charge in [-0.1, -0.05) is 48.5 Å². The van der Waals surface area contributed by atoms with Gasteiger partial charge in [-0.15, -0.1) is 0 Å². The number of allylic oxidation sites excluding steroid dienone is 1. The lowest BCUT2D eigenvalue weighted by Gasteiger charge is -2.31. The van der Waals surface area contributed by atoms with E-state index < -0.39 is 29.7 Å². The molecule has 3 rings (SSSR count). The number of imide groups is 2. The number of anilines is 1. The van der Waals surface area contributed by atoms with Gasteiger partial charge in [-0.2, -0.15) is 0 Å². The van der Waals surface area contributed by atoms with Crippen LogP contribution in [-0.2, 0) is 16.1 Å². The zero-order valence-electron chi connectivity index (χ0n) is 15.5. The summed E-state index contributed by atoms with van der Waals surface area (Å²) in [6.45, 7) is 1.65. The number of nitrogens with one attached hydrogen (secondary N) is 2. The molecular formula is C21H18N3O5-. The number of hydrogen-bond donors (Lipinski definition) is 2. The van der Waals surface area contributed by atoms with E-state index in [1.807, 2.05) is 6.07 Å². The Morgan fingerprint density at radius 3 is 2.52 bits per heavy atom. The largest absolute Gasteiger partial charge is 0.545 e. The third kappa shape index (κ3) is 4.32. The fraction of sp³-hybridized carbons (Fsp3) is 0.143. The maximum Gasteiger partial charge on any atom is 0.331 e. The van der Waals surface area contributed by atoms with Gasteiger partial charge in [-0.25, -0.2) is 4.79 Å². The van der Waals surface area contributed by atoms with E-state index in [1.54, 1.807) is 37.3 Å². The Hall–Kier alpha value is -3.94. The Morgan fingerprint density at radius 2 is 1.86 bits per heavy atom. The fourth-order valence-corrected chi connectivity index (χ4v) is 3.00. The van der Waals surface area contributed by atoms with Crippen LogP contribution >= 0.6 is 0 Å². The van der Waals surface area contributed by atoms with Gasteiger partial charge in [0.1, 0.15) is 0 Å². The van der Waals surface area contributed by atoms with Crippen molar-refractivity contribution < 1.29 is 24.3 Å². The highest BCUT2D eigenvalue weighted by Crippen LogP contribution is 2.23. The highest BCUT2D eigenvalue weighted by atomic mass is 16.4. The van der Waals surface area contributed by atoms with Crippen molar-refractivity contribution in [2.75, 3.05) is 5.32 Å². The Kier molecular flexibility index (Phi) is 5.73. The lowest BCUT2D eigenvalue weighted by molar-refractivity contribution is -0.255. The number of carbonyl (C=O) groups is 4. The molecule has 0 radical (unpaired) electrons. The van der Waals surface area contributed by atoms with Gasteiger partial charge in [-0.05, 0) is 30.2 Å². The van der Waals surface area contributed by atoms with E-state index in [9.17, 15) is 24.3 Å². The molecule has 1 aliphatic rings. The second kappa shape index (κ2) is 8.39. The minimum atomic E-state index is -1.35. The molecule has 0 aromatic heterocycles. The molecule has 8 nitrogen and oxygen atoms in total. The standard InChI is InChI=1S/C21H19N3O5/c1-2-16(22-15-10-6-9-14(11-15)20(27)28)17-18(25)23-21(29)24(19(17)26)12-13-7-4-3-5-8-13/h2-11,17,22H,12H2,1H3,(H,27,28)(H,23,25,29)/p-1/b16-2+/t17-/m1/s1. The Balaban J connectivity index is 1.85. The van der Waals surface area contributed by atoms with Gasteiger partial charge in [-0.3, -0.25) is 19.8 Å². The summed E-state index contributed by atoms with van der Waals surface area (Å²) in [5.41, 5.74) is 1.28. The molecule has 4 amide bonds. The summed E-state index contributed by atoms with van der Waals surface area (Å²) >= 11 is 0. The number of urea groups is 1. The Labute approximate surface area is 166 Å². The van der Waals surface area contributed by atoms with Crippen molar-refractivity contribution in [3.05, 3.63) is 77.5 Å². The normalized spacial score (nSPS) is 17.1. The molecule has 148 valence electrons. The minimum absolute atomic E-state index is 0.0203. The Bertz CT molecular complexity index is 1000. The SMILES string of the molecule is C/C=C(/Nc1cccc(C(=O)[O-])c1)[C@@H]1C(=O)NC(=O)N(Cc2ccccc2)C1=O. The second-order valence-corrected chi connectivity index (χ2v) is 6.37. The first-order valence-corrected chi connectivity index (χ1v) is 8.85. The molecule has 1 saturated heterocycles. The highest BCUT2D eigenvalue weighted by molar-refractivity contribution is 6.18. The fourth-order valence-electron chi connectivity index (χ4n) is 3.00. The number of rotatable bonds is 6. The number of amides is 4. The molecule has 1 heterocycles. The summed E-state index contributed by atoms with van der Waals surface area (Å²) < 4.78 is 0. The molecule has 0 saturated carbocycles. The van der Waals surface area contributed by atoms with Crippen LogP contribution in [0, 0.1) is 5.92 Å². The lowest BCUT2D eigenvalue weighted by Crippen LogP contribution is -2.58. The topological polar surface area (TPSA) is 119 Å². The molecule has 1 fully saturated rings. The highest BCUT2D eigenvalue weighted by Gasteiger charge is 2.42. The van der Waals surface area contributed by atoms with Crippen LogP contribution < -0.4 is 15.7 Å². The summed E-state index contributed by atoms with van der Waals surface area (Å²) in [6.07, 6.45) is 1.53. The van der Waals surface area contributed by atoms with E-state index in [-0.39, 0.29) is 17.8 Å². The Morgan fingerprint density at radius 1 is 1.14 bits per heavy atom. The molecule has 1 atom stereocenters. The van der Waals surface area contributed by atoms with Crippen LogP contribution in [0.2, 0.25) is 0 Å². The second-order valence-electron chi connectivity index (χ2n) is 6.37. The number of benzene rings is 2. The third-order valence-electron chi connectivity index (χ3n) is 4.44. The molecule has 0 bridgehead atoms. The zero-order valence-corrected chi connectivity index (χ0v) is 15.5. The number of hydrogen-bond acceptors (Lipinski definition) is 6. The van der Waals surface area contributed by atoms with E-state index in [4.69, 9.17) is 0 Å². The van der Waals surface area contributed by atoms with Gasteiger partial charge < -0.3 is 15.2 Å². The van der Waals surface area contributed by atoms with Crippen molar-refractivity contribution in [2.45, 2.75) is 13.5 Å². The summed E-state index contributed by atoms with van der Waals surface area (Å²) in [4.78, 5) is 49.6.